The van der Waals surface area contributed by atoms with E-state index in [0.29, 0.717) is 6.42 Å². The lowest BCUT2D eigenvalue weighted by Crippen LogP contribution is -2.28. The van der Waals surface area contributed by atoms with Gasteiger partial charge in [0.1, 0.15) is 0 Å². The van der Waals surface area contributed by atoms with Crippen LogP contribution in [-0.4, -0.2) is 19.0 Å². The lowest BCUT2D eigenvalue weighted by Gasteiger charge is -2.05. The summed E-state index contributed by atoms with van der Waals surface area (Å²) in [5.41, 5.74) is 0. The van der Waals surface area contributed by atoms with Gasteiger partial charge in [0.15, 0.2) is 0 Å². The molecule has 0 aromatic carbocycles. The molecule has 1 rings (SSSR count). The minimum absolute atomic E-state index is 0. The van der Waals surface area contributed by atoms with Gasteiger partial charge in [0.2, 0.25) is 0 Å². The van der Waals surface area contributed by atoms with Gasteiger partial charge in [-0.3, -0.25) is 0 Å². The molecule has 1 N–H and O–H groups in total. The number of nitrogens with one attached hydrogen (secondary N) is 1. The number of hydrogen-bond acceptors (Lipinski definition) is 1. The Bertz CT molecular complexity index is 73.4. The highest BCUT2D eigenvalue weighted by Crippen LogP contribution is 2.11. The van der Waals surface area contributed by atoms with Gasteiger partial charge in [0.25, 0.3) is 6.43 Å². The van der Waals surface area contributed by atoms with Gasteiger partial charge < -0.3 is 5.32 Å². The molecule has 1 nitrogen and oxygen atoms in total. The van der Waals surface area contributed by atoms with Crippen molar-refractivity contribution in [3.63, 3.8) is 0 Å². The van der Waals surface area contributed by atoms with E-state index < -0.39 is 12.5 Å². The number of rotatable bonds is 1. The van der Waals surface area contributed by atoms with Gasteiger partial charge in [-0.25, -0.2) is 8.78 Å². The summed E-state index contributed by atoms with van der Waals surface area (Å²) in [6.45, 7) is 0.759. The normalized spacial score (nSPS) is 26.3. The highest BCUT2D eigenvalue weighted by molar-refractivity contribution is 5.85. The Labute approximate surface area is 59.2 Å². The minimum Gasteiger partial charge on any atom is -0.309 e. The second-order valence-corrected chi connectivity index (χ2v) is 2.04. The number of alkyl halides is 2. The molecular formula is C5H10ClF2N. The Balaban J connectivity index is 0.000000640. The first-order chi connectivity index (χ1) is 3.80. The third-order valence-electron chi connectivity index (χ3n) is 1.40. The average Bonchev–Trinajstić information content (AvgIpc) is 2.12. The van der Waals surface area contributed by atoms with E-state index in [2.05, 4.69) is 5.32 Å². The Morgan fingerprint density at radius 2 is 2.11 bits per heavy atom. The van der Waals surface area contributed by atoms with Gasteiger partial charge in [-0.1, -0.05) is 0 Å². The molecule has 1 aliphatic heterocycles. The summed E-state index contributed by atoms with van der Waals surface area (Å²) in [5, 5.41) is 2.71. The molecule has 4 heteroatoms. The molecule has 56 valence electrons. The maximum atomic E-state index is 11.7. The molecule has 0 unspecified atom stereocenters. The Morgan fingerprint density at radius 1 is 1.44 bits per heavy atom. The van der Waals surface area contributed by atoms with E-state index in [1.807, 2.05) is 0 Å². The lowest BCUT2D eigenvalue weighted by molar-refractivity contribution is 0.107. The highest BCUT2D eigenvalue weighted by atomic mass is 35.5. The molecule has 0 aromatic heterocycles. The van der Waals surface area contributed by atoms with Crippen molar-refractivity contribution in [1.29, 1.82) is 0 Å². The van der Waals surface area contributed by atoms with Crippen LogP contribution in [0.25, 0.3) is 0 Å². The lowest BCUT2D eigenvalue weighted by atomic mass is 10.2. The summed E-state index contributed by atoms with van der Waals surface area (Å²) in [4.78, 5) is 0. The van der Waals surface area contributed by atoms with E-state index in [1.54, 1.807) is 0 Å². The molecule has 0 aromatic rings. The summed E-state index contributed by atoms with van der Waals surface area (Å²) in [7, 11) is 0. The number of hydrogen-bond donors (Lipinski definition) is 1. The quantitative estimate of drug-likeness (QED) is 0.607. The molecule has 1 heterocycles. The Hall–Kier alpha value is 0.110. The van der Waals surface area contributed by atoms with Crippen molar-refractivity contribution in [3.05, 3.63) is 0 Å². The van der Waals surface area contributed by atoms with E-state index in [9.17, 15) is 8.78 Å². The monoisotopic (exact) mass is 157 g/mol. The maximum absolute atomic E-state index is 11.7. The minimum atomic E-state index is -2.17. The fraction of sp³-hybridized carbons (Fsp3) is 1.00. The van der Waals surface area contributed by atoms with Gasteiger partial charge in [0, 0.05) is 0 Å². The van der Waals surface area contributed by atoms with Crippen molar-refractivity contribution in [2.45, 2.75) is 25.3 Å². The van der Waals surface area contributed by atoms with E-state index >= 15 is 0 Å². The first kappa shape index (κ1) is 9.11. The van der Waals surface area contributed by atoms with E-state index in [0.717, 1.165) is 13.0 Å². The standard InChI is InChI=1S/C5H9F2N.ClH/c6-5(7)4-2-1-3-8-4;/h4-5,8H,1-3H2;1H/t4-;/m1./s1. The molecule has 0 saturated carbocycles. The van der Waals surface area contributed by atoms with Crippen molar-refractivity contribution in [1.82, 2.24) is 5.32 Å². The van der Waals surface area contributed by atoms with Crippen molar-refractivity contribution in [2.75, 3.05) is 6.54 Å². The van der Waals surface area contributed by atoms with E-state index in [4.69, 9.17) is 0 Å². The van der Waals surface area contributed by atoms with Crippen molar-refractivity contribution >= 4 is 12.4 Å². The van der Waals surface area contributed by atoms with Crippen LogP contribution in [0.3, 0.4) is 0 Å². The van der Waals surface area contributed by atoms with Crippen LogP contribution in [0.2, 0.25) is 0 Å². The van der Waals surface area contributed by atoms with Crippen LogP contribution < -0.4 is 5.32 Å². The summed E-state index contributed by atoms with van der Waals surface area (Å²) in [5.74, 6) is 0. The van der Waals surface area contributed by atoms with Crippen LogP contribution in [0.4, 0.5) is 8.78 Å². The van der Waals surface area contributed by atoms with Crippen LogP contribution in [0.5, 0.6) is 0 Å². The zero-order valence-electron chi connectivity index (χ0n) is 4.94. The van der Waals surface area contributed by atoms with Crippen molar-refractivity contribution in [3.8, 4) is 0 Å². The number of halogens is 3. The Kier molecular flexibility index (Phi) is 4.06. The SMILES string of the molecule is Cl.FC(F)[C@H]1CCCN1. The first-order valence-electron chi connectivity index (χ1n) is 2.82. The first-order valence-corrected chi connectivity index (χ1v) is 2.82. The molecule has 0 radical (unpaired) electrons. The average molecular weight is 158 g/mol. The van der Waals surface area contributed by atoms with Crippen LogP contribution in [0, 0.1) is 0 Å². The summed E-state index contributed by atoms with van der Waals surface area (Å²) in [6, 6.07) is -0.519. The van der Waals surface area contributed by atoms with Gasteiger partial charge in [0.05, 0.1) is 6.04 Å². The fourth-order valence-corrected chi connectivity index (χ4v) is 0.927. The second kappa shape index (κ2) is 4.01. The molecule has 1 aliphatic rings. The maximum Gasteiger partial charge on any atom is 0.253 e. The predicted octanol–water partition coefficient (Wildman–Crippen LogP) is 1.43. The van der Waals surface area contributed by atoms with Crippen molar-refractivity contribution in [2.24, 2.45) is 0 Å². The highest BCUT2D eigenvalue weighted by Gasteiger charge is 2.22. The molecular weight excluding hydrogens is 148 g/mol. The third kappa shape index (κ3) is 2.45. The van der Waals surface area contributed by atoms with Crippen molar-refractivity contribution < 1.29 is 8.78 Å². The molecule has 0 spiro atoms. The van der Waals surface area contributed by atoms with Gasteiger partial charge in [-0.2, -0.15) is 0 Å². The Morgan fingerprint density at radius 3 is 2.33 bits per heavy atom. The van der Waals surface area contributed by atoms with Gasteiger partial charge in [-0.05, 0) is 19.4 Å². The topological polar surface area (TPSA) is 12.0 Å². The largest absolute Gasteiger partial charge is 0.309 e. The molecule has 1 saturated heterocycles. The fourth-order valence-electron chi connectivity index (χ4n) is 0.927. The van der Waals surface area contributed by atoms with Gasteiger partial charge >= 0.3 is 0 Å². The van der Waals surface area contributed by atoms with Gasteiger partial charge in [-0.15, -0.1) is 12.4 Å². The van der Waals surface area contributed by atoms with E-state index in [1.165, 1.54) is 0 Å². The molecule has 1 atom stereocenters. The molecule has 0 bridgehead atoms. The van der Waals surface area contributed by atoms with Crippen LogP contribution >= 0.6 is 12.4 Å². The zero-order valence-corrected chi connectivity index (χ0v) is 5.76. The zero-order chi connectivity index (χ0) is 5.98. The molecule has 1 fully saturated rings. The summed E-state index contributed by atoms with van der Waals surface area (Å²) >= 11 is 0. The van der Waals surface area contributed by atoms with E-state index in [-0.39, 0.29) is 12.4 Å². The summed E-state index contributed by atoms with van der Waals surface area (Å²) < 4.78 is 23.4. The smallest absolute Gasteiger partial charge is 0.253 e. The van der Waals surface area contributed by atoms with Crippen LogP contribution in [0.15, 0.2) is 0 Å². The molecule has 0 aliphatic carbocycles. The van der Waals surface area contributed by atoms with Crippen LogP contribution in [-0.2, 0) is 0 Å². The predicted molar refractivity (Wildman–Crippen MR) is 34.3 cm³/mol. The molecule has 0 amide bonds. The molecule has 9 heavy (non-hydrogen) atoms. The second-order valence-electron chi connectivity index (χ2n) is 2.04. The van der Waals surface area contributed by atoms with Crippen LogP contribution in [0.1, 0.15) is 12.8 Å². The third-order valence-corrected chi connectivity index (χ3v) is 1.40. The summed E-state index contributed by atoms with van der Waals surface area (Å²) in [6.07, 6.45) is -0.635.